The van der Waals surface area contributed by atoms with Gasteiger partial charge in [0.25, 0.3) is 0 Å². The average molecular weight is 232 g/mol. The van der Waals surface area contributed by atoms with Gasteiger partial charge >= 0.3 is 0 Å². The Morgan fingerprint density at radius 3 is 2.59 bits per heavy atom. The molecule has 1 aliphatic rings. The highest BCUT2D eigenvalue weighted by Gasteiger charge is 2.34. The summed E-state index contributed by atoms with van der Waals surface area (Å²) in [6, 6.07) is 3.86. The number of hydrogen-bond donors (Lipinski definition) is 1. The lowest BCUT2D eigenvalue weighted by atomic mass is 9.89. The first-order chi connectivity index (χ1) is 7.83. The summed E-state index contributed by atoms with van der Waals surface area (Å²) in [6.45, 7) is 7.68. The van der Waals surface area contributed by atoms with Gasteiger partial charge in [-0.05, 0) is 61.4 Å². The summed E-state index contributed by atoms with van der Waals surface area (Å²) in [4.78, 5) is 11.5. The van der Waals surface area contributed by atoms with E-state index in [0.717, 1.165) is 24.0 Å². The highest BCUT2D eigenvalue weighted by Crippen LogP contribution is 2.40. The molecule has 0 saturated carbocycles. The Morgan fingerprint density at radius 2 is 2.06 bits per heavy atom. The molecule has 92 valence electrons. The van der Waals surface area contributed by atoms with Crippen LogP contribution in [0.3, 0.4) is 0 Å². The SMILES string of the molecule is CC(=O)c1cc(C(C)C)c2c(c1)[C@](C)(O)CC2. The zero-order valence-corrected chi connectivity index (χ0v) is 11.0. The zero-order chi connectivity index (χ0) is 12.8. The Balaban J connectivity index is 2.67. The number of fused-ring (bicyclic) bond motifs is 1. The van der Waals surface area contributed by atoms with Crippen molar-refractivity contribution in [2.24, 2.45) is 0 Å². The van der Waals surface area contributed by atoms with Crippen molar-refractivity contribution in [3.63, 3.8) is 0 Å². The Hall–Kier alpha value is -1.15. The molecule has 2 heteroatoms. The Bertz CT molecular complexity index is 470. The van der Waals surface area contributed by atoms with Gasteiger partial charge in [-0.2, -0.15) is 0 Å². The molecule has 0 aromatic heterocycles. The molecule has 0 unspecified atom stereocenters. The predicted molar refractivity (Wildman–Crippen MR) is 68.4 cm³/mol. The van der Waals surface area contributed by atoms with Crippen LogP contribution in [0.5, 0.6) is 0 Å². The standard InChI is InChI=1S/C15H20O2/c1-9(2)13-7-11(10(3)16)8-14-12(13)5-6-15(14,4)17/h7-9,17H,5-6H2,1-4H3/t15-/m1/s1. The number of benzene rings is 1. The first kappa shape index (κ1) is 12.3. The molecule has 1 atom stereocenters. The molecule has 0 radical (unpaired) electrons. The van der Waals surface area contributed by atoms with Gasteiger partial charge in [0.15, 0.2) is 5.78 Å². The molecule has 0 saturated heterocycles. The van der Waals surface area contributed by atoms with Crippen LogP contribution in [0.4, 0.5) is 0 Å². The van der Waals surface area contributed by atoms with Gasteiger partial charge in [0.2, 0.25) is 0 Å². The summed E-state index contributed by atoms with van der Waals surface area (Å²) in [7, 11) is 0. The quantitative estimate of drug-likeness (QED) is 0.795. The van der Waals surface area contributed by atoms with Crippen molar-refractivity contribution in [3.8, 4) is 0 Å². The topological polar surface area (TPSA) is 37.3 Å². The third-order valence-electron chi connectivity index (χ3n) is 3.76. The first-order valence-electron chi connectivity index (χ1n) is 6.23. The van der Waals surface area contributed by atoms with Gasteiger partial charge in [-0.3, -0.25) is 4.79 Å². The Kier molecular flexibility index (Phi) is 2.86. The summed E-state index contributed by atoms with van der Waals surface area (Å²) < 4.78 is 0. The summed E-state index contributed by atoms with van der Waals surface area (Å²) in [5.41, 5.74) is 3.36. The summed E-state index contributed by atoms with van der Waals surface area (Å²) in [6.07, 6.45) is 1.66. The first-order valence-corrected chi connectivity index (χ1v) is 6.23. The lowest BCUT2D eigenvalue weighted by molar-refractivity contribution is 0.0594. The van der Waals surface area contributed by atoms with E-state index in [0.29, 0.717) is 5.92 Å². The lowest BCUT2D eigenvalue weighted by Gasteiger charge is -2.20. The summed E-state index contributed by atoms with van der Waals surface area (Å²) in [5.74, 6) is 0.453. The van der Waals surface area contributed by atoms with Gasteiger partial charge in [0, 0.05) is 5.56 Å². The molecule has 0 aliphatic heterocycles. The van der Waals surface area contributed by atoms with Crippen molar-refractivity contribution in [1.82, 2.24) is 0 Å². The van der Waals surface area contributed by atoms with Crippen molar-refractivity contribution >= 4 is 5.78 Å². The second-order valence-corrected chi connectivity index (χ2v) is 5.58. The molecular weight excluding hydrogens is 212 g/mol. The normalized spacial score (nSPS) is 22.9. The van der Waals surface area contributed by atoms with Crippen LogP contribution in [0.15, 0.2) is 12.1 Å². The third kappa shape index (κ3) is 2.02. The van der Waals surface area contributed by atoms with Crippen molar-refractivity contribution < 1.29 is 9.90 Å². The minimum atomic E-state index is -0.773. The molecule has 0 bridgehead atoms. The minimum absolute atomic E-state index is 0.0670. The van der Waals surface area contributed by atoms with E-state index < -0.39 is 5.60 Å². The van der Waals surface area contributed by atoms with Gasteiger partial charge in [-0.15, -0.1) is 0 Å². The monoisotopic (exact) mass is 232 g/mol. The second kappa shape index (κ2) is 3.95. The van der Waals surface area contributed by atoms with E-state index in [2.05, 4.69) is 13.8 Å². The van der Waals surface area contributed by atoms with Gasteiger partial charge in [0.05, 0.1) is 5.60 Å². The van der Waals surface area contributed by atoms with Crippen molar-refractivity contribution in [2.75, 3.05) is 0 Å². The molecule has 2 rings (SSSR count). The van der Waals surface area contributed by atoms with E-state index in [-0.39, 0.29) is 5.78 Å². The largest absolute Gasteiger partial charge is 0.385 e. The van der Waals surface area contributed by atoms with Crippen LogP contribution in [-0.4, -0.2) is 10.9 Å². The van der Waals surface area contributed by atoms with Gasteiger partial charge in [-0.1, -0.05) is 13.8 Å². The average Bonchev–Trinajstić information content (AvgIpc) is 2.53. The molecule has 2 nitrogen and oxygen atoms in total. The zero-order valence-electron chi connectivity index (χ0n) is 11.0. The number of Topliss-reactive ketones (excluding diaryl/α,β-unsaturated/α-hetero) is 1. The van der Waals surface area contributed by atoms with E-state index in [1.807, 2.05) is 19.1 Å². The lowest BCUT2D eigenvalue weighted by Crippen LogP contribution is -2.17. The number of rotatable bonds is 2. The maximum Gasteiger partial charge on any atom is 0.159 e. The van der Waals surface area contributed by atoms with Gasteiger partial charge in [0.1, 0.15) is 0 Å². The van der Waals surface area contributed by atoms with Gasteiger partial charge in [-0.25, -0.2) is 0 Å². The van der Waals surface area contributed by atoms with E-state index in [1.54, 1.807) is 6.92 Å². The molecule has 17 heavy (non-hydrogen) atoms. The Labute approximate surface area is 103 Å². The molecule has 1 aromatic rings. The number of ketones is 1. The van der Waals surface area contributed by atoms with Crippen LogP contribution in [0, 0.1) is 0 Å². The second-order valence-electron chi connectivity index (χ2n) is 5.58. The number of hydrogen-bond acceptors (Lipinski definition) is 2. The van der Waals surface area contributed by atoms with E-state index >= 15 is 0 Å². The highest BCUT2D eigenvalue weighted by atomic mass is 16.3. The smallest absolute Gasteiger partial charge is 0.159 e. The molecule has 0 heterocycles. The highest BCUT2D eigenvalue weighted by molar-refractivity contribution is 5.94. The van der Waals surface area contributed by atoms with E-state index in [4.69, 9.17) is 0 Å². The number of aliphatic hydroxyl groups is 1. The number of carbonyl (C=O) groups is 1. The molecule has 0 fully saturated rings. The van der Waals surface area contributed by atoms with Crippen LogP contribution in [0.25, 0.3) is 0 Å². The van der Waals surface area contributed by atoms with Crippen LogP contribution in [-0.2, 0) is 12.0 Å². The third-order valence-corrected chi connectivity index (χ3v) is 3.76. The fraction of sp³-hybridized carbons (Fsp3) is 0.533. The van der Waals surface area contributed by atoms with Crippen LogP contribution in [0.1, 0.15) is 67.1 Å². The van der Waals surface area contributed by atoms with E-state index in [1.165, 1.54) is 11.1 Å². The summed E-state index contributed by atoms with van der Waals surface area (Å²) in [5, 5.41) is 10.3. The van der Waals surface area contributed by atoms with Crippen LogP contribution >= 0.6 is 0 Å². The van der Waals surface area contributed by atoms with Crippen molar-refractivity contribution in [1.29, 1.82) is 0 Å². The number of carbonyl (C=O) groups excluding carboxylic acids is 1. The molecule has 1 N–H and O–H groups in total. The van der Waals surface area contributed by atoms with E-state index in [9.17, 15) is 9.90 Å². The minimum Gasteiger partial charge on any atom is -0.385 e. The fourth-order valence-electron chi connectivity index (χ4n) is 2.68. The molecule has 0 amide bonds. The Morgan fingerprint density at radius 1 is 1.41 bits per heavy atom. The van der Waals surface area contributed by atoms with Crippen molar-refractivity contribution in [3.05, 3.63) is 34.4 Å². The maximum absolute atomic E-state index is 11.5. The maximum atomic E-state index is 11.5. The molecule has 0 spiro atoms. The fourth-order valence-corrected chi connectivity index (χ4v) is 2.68. The predicted octanol–water partition coefficient (Wildman–Crippen LogP) is 3.17. The molecular formula is C15H20O2. The van der Waals surface area contributed by atoms with Crippen LogP contribution in [0.2, 0.25) is 0 Å². The molecule has 1 aromatic carbocycles. The molecule has 1 aliphatic carbocycles. The summed E-state index contributed by atoms with van der Waals surface area (Å²) >= 11 is 0. The van der Waals surface area contributed by atoms with Gasteiger partial charge < -0.3 is 5.11 Å². The van der Waals surface area contributed by atoms with Crippen molar-refractivity contribution in [2.45, 2.75) is 52.1 Å². The van der Waals surface area contributed by atoms with Crippen LogP contribution < -0.4 is 0 Å².